The number of carboxylic acids is 1. The monoisotopic (exact) mass is 374 g/mol. The molecule has 0 bridgehead atoms. The first-order valence-electron chi connectivity index (χ1n) is 9.47. The van der Waals surface area contributed by atoms with Crippen LogP contribution in [0.4, 0.5) is 5.69 Å². The molecule has 2 unspecified atom stereocenters. The van der Waals surface area contributed by atoms with E-state index >= 15 is 0 Å². The van der Waals surface area contributed by atoms with Crippen LogP contribution in [0.3, 0.4) is 0 Å². The maximum atomic E-state index is 12.9. The summed E-state index contributed by atoms with van der Waals surface area (Å²) in [5.74, 6) is -1.39. The van der Waals surface area contributed by atoms with E-state index in [-0.39, 0.29) is 36.8 Å². The molecule has 2 aliphatic rings. The Morgan fingerprint density at radius 1 is 1.19 bits per heavy atom. The van der Waals surface area contributed by atoms with Crippen LogP contribution in [0.25, 0.3) is 0 Å². The fourth-order valence-electron chi connectivity index (χ4n) is 3.93. The average Bonchev–Trinajstić information content (AvgIpc) is 3.13. The summed E-state index contributed by atoms with van der Waals surface area (Å²) in [5.41, 5.74) is 0.922. The van der Waals surface area contributed by atoms with E-state index in [2.05, 4.69) is 5.32 Å². The Kier molecular flexibility index (Phi) is 6.11. The van der Waals surface area contributed by atoms with Gasteiger partial charge in [-0.1, -0.05) is 25.3 Å². The Bertz CT molecular complexity index is 714. The van der Waals surface area contributed by atoms with Crippen LogP contribution in [0.2, 0.25) is 0 Å². The number of benzene rings is 1. The van der Waals surface area contributed by atoms with Crippen LogP contribution in [0, 0.1) is 5.92 Å². The van der Waals surface area contributed by atoms with E-state index in [1.165, 1.54) is 18.4 Å². The first kappa shape index (κ1) is 19.4. The van der Waals surface area contributed by atoms with Gasteiger partial charge in [0.25, 0.3) is 5.91 Å². The summed E-state index contributed by atoms with van der Waals surface area (Å²) in [6, 6.07) is 5.79. The van der Waals surface area contributed by atoms with Gasteiger partial charge in [0.05, 0.1) is 6.10 Å². The molecule has 2 amide bonds. The number of hydrogen-bond donors (Lipinski definition) is 2. The van der Waals surface area contributed by atoms with Gasteiger partial charge in [-0.25, -0.2) is 4.79 Å². The lowest BCUT2D eigenvalue weighted by Crippen LogP contribution is -2.40. The van der Waals surface area contributed by atoms with E-state index in [1.807, 2.05) is 0 Å². The van der Waals surface area contributed by atoms with E-state index in [0.29, 0.717) is 11.3 Å². The molecule has 1 saturated heterocycles. The van der Waals surface area contributed by atoms with Crippen LogP contribution >= 0.6 is 0 Å². The minimum absolute atomic E-state index is 0.0108. The van der Waals surface area contributed by atoms with Crippen molar-refractivity contribution in [2.45, 2.75) is 50.7 Å². The van der Waals surface area contributed by atoms with Gasteiger partial charge in [0.2, 0.25) is 5.91 Å². The topological polar surface area (TPSA) is 95.9 Å². The van der Waals surface area contributed by atoms with Crippen molar-refractivity contribution in [2.24, 2.45) is 5.92 Å². The number of anilines is 1. The van der Waals surface area contributed by atoms with Crippen molar-refractivity contribution in [3.05, 3.63) is 29.8 Å². The van der Waals surface area contributed by atoms with Crippen molar-refractivity contribution in [1.82, 2.24) is 4.90 Å². The Labute approximate surface area is 158 Å². The molecule has 7 nitrogen and oxygen atoms in total. The summed E-state index contributed by atoms with van der Waals surface area (Å²) >= 11 is 0. The van der Waals surface area contributed by atoms with Crippen molar-refractivity contribution in [3.8, 4) is 0 Å². The maximum Gasteiger partial charge on any atom is 0.326 e. The van der Waals surface area contributed by atoms with Gasteiger partial charge in [0.1, 0.15) is 6.04 Å². The van der Waals surface area contributed by atoms with E-state index in [9.17, 15) is 19.5 Å². The minimum atomic E-state index is -1.04. The lowest BCUT2D eigenvalue weighted by atomic mass is 9.88. The number of nitrogens with zero attached hydrogens (tertiary/aromatic N) is 1. The van der Waals surface area contributed by atoms with Gasteiger partial charge >= 0.3 is 5.97 Å². The predicted molar refractivity (Wildman–Crippen MR) is 99.5 cm³/mol. The molecule has 2 fully saturated rings. The Morgan fingerprint density at radius 2 is 1.93 bits per heavy atom. The molecule has 1 aliphatic heterocycles. The minimum Gasteiger partial charge on any atom is -0.480 e. The van der Waals surface area contributed by atoms with Crippen LogP contribution in [0.1, 0.15) is 48.9 Å². The zero-order valence-corrected chi connectivity index (χ0v) is 15.5. The van der Waals surface area contributed by atoms with E-state index in [1.54, 1.807) is 24.3 Å². The first-order valence-corrected chi connectivity index (χ1v) is 9.47. The molecule has 3 rings (SSSR count). The second-order valence-corrected chi connectivity index (χ2v) is 7.31. The highest BCUT2D eigenvalue weighted by molar-refractivity contribution is 5.99. The number of likely N-dealkylation sites (tertiary alicyclic amines) is 1. The van der Waals surface area contributed by atoms with Gasteiger partial charge in [0.15, 0.2) is 0 Å². The molecule has 1 saturated carbocycles. The van der Waals surface area contributed by atoms with Crippen molar-refractivity contribution >= 4 is 23.5 Å². The molecule has 0 aromatic heterocycles. The summed E-state index contributed by atoms with van der Waals surface area (Å²) in [4.78, 5) is 38.1. The fourth-order valence-corrected chi connectivity index (χ4v) is 3.93. The molecule has 1 aromatic rings. The molecule has 7 heteroatoms. The quantitative estimate of drug-likeness (QED) is 0.826. The van der Waals surface area contributed by atoms with Gasteiger partial charge in [-0.15, -0.1) is 0 Å². The predicted octanol–water partition coefficient (Wildman–Crippen LogP) is 2.52. The molecule has 27 heavy (non-hydrogen) atoms. The highest BCUT2D eigenvalue weighted by Gasteiger charge is 2.40. The Morgan fingerprint density at radius 3 is 2.59 bits per heavy atom. The van der Waals surface area contributed by atoms with Gasteiger partial charge < -0.3 is 20.1 Å². The third-order valence-electron chi connectivity index (χ3n) is 5.49. The number of ether oxygens (including phenoxy) is 1. The average molecular weight is 374 g/mol. The first-order chi connectivity index (χ1) is 13.0. The van der Waals surface area contributed by atoms with Gasteiger partial charge in [-0.3, -0.25) is 9.59 Å². The SMILES string of the molecule is COC1CC(C(=O)O)N(C(=O)c2cccc(NC(=O)C3CCCCC3)c2)C1. The Balaban J connectivity index is 1.71. The van der Waals surface area contributed by atoms with E-state index in [0.717, 1.165) is 25.7 Å². The molecule has 0 radical (unpaired) electrons. The van der Waals surface area contributed by atoms with E-state index < -0.39 is 12.0 Å². The number of hydrogen-bond acceptors (Lipinski definition) is 4. The standard InChI is InChI=1S/C20H26N2O5/c1-27-16-11-17(20(25)26)22(12-16)19(24)14-8-5-9-15(10-14)21-18(23)13-6-3-2-4-7-13/h5,8-10,13,16-17H,2-4,6-7,11-12H2,1H3,(H,21,23)(H,25,26). The summed E-state index contributed by atoms with van der Waals surface area (Å²) in [6.45, 7) is 0.241. The number of methoxy groups -OCH3 is 1. The largest absolute Gasteiger partial charge is 0.480 e. The van der Waals surface area contributed by atoms with Crippen LogP contribution in [-0.4, -0.2) is 53.6 Å². The van der Waals surface area contributed by atoms with Crippen LogP contribution in [0.5, 0.6) is 0 Å². The van der Waals surface area contributed by atoms with Crippen molar-refractivity contribution < 1.29 is 24.2 Å². The zero-order valence-electron chi connectivity index (χ0n) is 15.5. The molecular weight excluding hydrogens is 348 g/mol. The summed E-state index contributed by atoms with van der Waals surface area (Å²) in [7, 11) is 1.51. The van der Waals surface area contributed by atoms with E-state index in [4.69, 9.17) is 4.74 Å². The Hall–Kier alpha value is -2.41. The third-order valence-corrected chi connectivity index (χ3v) is 5.49. The molecular formula is C20H26N2O5. The van der Waals surface area contributed by atoms with Gasteiger partial charge in [-0.2, -0.15) is 0 Å². The molecule has 1 aromatic carbocycles. The normalized spacial score (nSPS) is 23.2. The molecule has 0 spiro atoms. The number of carboxylic acid groups (broad SMARTS) is 1. The third kappa shape index (κ3) is 4.47. The highest BCUT2D eigenvalue weighted by atomic mass is 16.5. The van der Waals surface area contributed by atoms with Crippen molar-refractivity contribution in [2.75, 3.05) is 19.0 Å². The second-order valence-electron chi connectivity index (χ2n) is 7.31. The van der Waals surface area contributed by atoms with Crippen LogP contribution in [-0.2, 0) is 14.3 Å². The smallest absolute Gasteiger partial charge is 0.326 e. The van der Waals surface area contributed by atoms with Crippen molar-refractivity contribution in [3.63, 3.8) is 0 Å². The number of carbonyl (C=O) groups excluding carboxylic acids is 2. The summed E-state index contributed by atoms with van der Waals surface area (Å²) in [5, 5.41) is 12.3. The zero-order chi connectivity index (χ0) is 19.4. The maximum absolute atomic E-state index is 12.9. The fraction of sp³-hybridized carbons (Fsp3) is 0.550. The van der Waals surface area contributed by atoms with Crippen molar-refractivity contribution in [1.29, 1.82) is 0 Å². The molecule has 2 atom stereocenters. The number of aliphatic carboxylic acids is 1. The number of rotatable bonds is 5. The molecule has 1 aliphatic carbocycles. The van der Waals surface area contributed by atoms with Gasteiger partial charge in [-0.05, 0) is 31.0 Å². The van der Waals surface area contributed by atoms with Crippen LogP contribution < -0.4 is 5.32 Å². The summed E-state index contributed by atoms with van der Waals surface area (Å²) < 4.78 is 5.24. The molecule has 2 N–H and O–H groups in total. The molecule has 146 valence electrons. The summed E-state index contributed by atoms with van der Waals surface area (Å²) in [6.07, 6.45) is 5.11. The number of amides is 2. The number of carbonyl (C=O) groups is 3. The van der Waals surface area contributed by atoms with Crippen LogP contribution in [0.15, 0.2) is 24.3 Å². The second kappa shape index (κ2) is 8.52. The van der Waals surface area contributed by atoms with Gasteiger partial charge in [0, 0.05) is 37.2 Å². The molecule has 1 heterocycles. The number of nitrogens with one attached hydrogen (secondary N) is 1. The highest BCUT2D eigenvalue weighted by Crippen LogP contribution is 2.26. The lowest BCUT2D eigenvalue weighted by Gasteiger charge is -2.22. The lowest BCUT2D eigenvalue weighted by molar-refractivity contribution is -0.141.